The summed E-state index contributed by atoms with van der Waals surface area (Å²) in [5.41, 5.74) is 3.23. The van der Waals surface area contributed by atoms with E-state index < -0.39 is 0 Å². The third-order valence-electron chi connectivity index (χ3n) is 2.67. The highest BCUT2D eigenvalue weighted by Crippen LogP contribution is 2.16. The molecule has 0 saturated heterocycles. The molecule has 5 heteroatoms. The number of aryl methyl sites for hydroxylation is 3. The first-order valence-corrected chi connectivity index (χ1v) is 7.30. The van der Waals surface area contributed by atoms with E-state index in [4.69, 9.17) is 4.74 Å². The molecule has 2 rings (SSSR count). The molecule has 1 amide bonds. The molecular formula is C15H18N2O2S. The van der Waals surface area contributed by atoms with Gasteiger partial charge in [-0.2, -0.15) is 0 Å². The highest BCUT2D eigenvalue weighted by atomic mass is 32.1. The monoisotopic (exact) mass is 290 g/mol. The fourth-order valence-corrected chi connectivity index (χ4v) is 2.59. The van der Waals surface area contributed by atoms with Crippen LogP contribution in [0.15, 0.2) is 23.6 Å². The lowest BCUT2D eigenvalue weighted by Crippen LogP contribution is -2.28. The van der Waals surface area contributed by atoms with Gasteiger partial charge in [-0.05, 0) is 44.0 Å². The Bertz CT molecular complexity index is 587. The van der Waals surface area contributed by atoms with Gasteiger partial charge in [-0.3, -0.25) is 4.79 Å². The van der Waals surface area contributed by atoms with Crippen LogP contribution < -0.4 is 10.1 Å². The second-order valence-corrected chi connectivity index (χ2v) is 5.71. The Morgan fingerprint density at radius 2 is 1.95 bits per heavy atom. The van der Waals surface area contributed by atoms with Gasteiger partial charge in [0.1, 0.15) is 10.8 Å². The molecule has 1 N–H and O–H groups in total. The molecule has 0 atom stereocenters. The van der Waals surface area contributed by atoms with Gasteiger partial charge < -0.3 is 10.1 Å². The molecule has 0 bridgehead atoms. The molecule has 2 aromatic rings. The topological polar surface area (TPSA) is 51.2 Å². The fraction of sp³-hybridized carbons (Fsp3) is 0.333. The first-order valence-electron chi connectivity index (χ1n) is 6.42. The second kappa shape index (κ2) is 6.52. The molecule has 20 heavy (non-hydrogen) atoms. The van der Waals surface area contributed by atoms with Gasteiger partial charge in [-0.1, -0.05) is 6.07 Å². The number of nitrogens with zero attached hydrogens (tertiary/aromatic N) is 1. The van der Waals surface area contributed by atoms with Crippen molar-refractivity contribution in [3.8, 4) is 5.75 Å². The van der Waals surface area contributed by atoms with E-state index in [1.807, 2.05) is 38.3 Å². The summed E-state index contributed by atoms with van der Waals surface area (Å²) >= 11 is 1.54. The molecule has 0 aliphatic carbocycles. The van der Waals surface area contributed by atoms with E-state index >= 15 is 0 Å². The zero-order valence-corrected chi connectivity index (χ0v) is 12.7. The summed E-state index contributed by atoms with van der Waals surface area (Å²) in [6.07, 6.45) is 0. The van der Waals surface area contributed by atoms with Crippen molar-refractivity contribution in [3.63, 3.8) is 0 Å². The summed E-state index contributed by atoms with van der Waals surface area (Å²) in [7, 11) is 0. The minimum atomic E-state index is -0.142. The van der Waals surface area contributed by atoms with Crippen LogP contribution in [0.4, 0.5) is 0 Å². The standard InChI is InChI=1S/C15H18N2O2S/c1-10-4-11(2)6-13(5-10)19-8-14(18)16-7-15-17-12(3)9-20-15/h4-6,9H,7-8H2,1-3H3,(H,16,18). The van der Waals surface area contributed by atoms with Crippen molar-refractivity contribution in [1.82, 2.24) is 10.3 Å². The van der Waals surface area contributed by atoms with Gasteiger partial charge in [-0.15, -0.1) is 11.3 Å². The molecule has 1 aromatic heterocycles. The number of carbonyl (C=O) groups is 1. The quantitative estimate of drug-likeness (QED) is 0.921. The Hall–Kier alpha value is -1.88. The van der Waals surface area contributed by atoms with Crippen molar-refractivity contribution in [2.75, 3.05) is 6.61 Å². The maximum absolute atomic E-state index is 11.7. The summed E-state index contributed by atoms with van der Waals surface area (Å²) in [6.45, 7) is 6.42. The van der Waals surface area contributed by atoms with Crippen LogP contribution in [0.5, 0.6) is 5.75 Å². The lowest BCUT2D eigenvalue weighted by atomic mass is 10.1. The Balaban J connectivity index is 1.80. The molecule has 0 fully saturated rings. The summed E-state index contributed by atoms with van der Waals surface area (Å²) in [4.78, 5) is 16.0. The Morgan fingerprint density at radius 1 is 1.25 bits per heavy atom. The third-order valence-corrected chi connectivity index (χ3v) is 3.64. The second-order valence-electron chi connectivity index (χ2n) is 4.77. The Labute approximate surface area is 122 Å². The predicted molar refractivity (Wildman–Crippen MR) is 80.1 cm³/mol. The van der Waals surface area contributed by atoms with Crippen LogP contribution >= 0.6 is 11.3 Å². The average Bonchev–Trinajstić information content (AvgIpc) is 2.79. The van der Waals surface area contributed by atoms with E-state index in [2.05, 4.69) is 16.4 Å². The van der Waals surface area contributed by atoms with Gasteiger partial charge in [0.15, 0.2) is 6.61 Å². The van der Waals surface area contributed by atoms with Crippen molar-refractivity contribution in [2.24, 2.45) is 0 Å². The van der Waals surface area contributed by atoms with E-state index in [9.17, 15) is 4.79 Å². The third kappa shape index (κ3) is 4.35. The number of amides is 1. The zero-order chi connectivity index (χ0) is 14.5. The average molecular weight is 290 g/mol. The van der Waals surface area contributed by atoms with Crippen LogP contribution in [0, 0.1) is 20.8 Å². The lowest BCUT2D eigenvalue weighted by Gasteiger charge is -2.08. The molecule has 4 nitrogen and oxygen atoms in total. The van der Waals surface area contributed by atoms with E-state index in [-0.39, 0.29) is 12.5 Å². The van der Waals surface area contributed by atoms with Gasteiger partial charge in [0.2, 0.25) is 0 Å². The van der Waals surface area contributed by atoms with Crippen molar-refractivity contribution >= 4 is 17.2 Å². The fourth-order valence-electron chi connectivity index (χ4n) is 1.87. The normalized spacial score (nSPS) is 10.3. The minimum Gasteiger partial charge on any atom is -0.484 e. The molecule has 106 valence electrons. The van der Waals surface area contributed by atoms with Crippen molar-refractivity contribution < 1.29 is 9.53 Å². The molecule has 0 spiro atoms. The summed E-state index contributed by atoms with van der Waals surface area (Å²) in [5, 5.41) is 5.67. The minimum absolute atomic E-state index is 0.0211. The van der Waals surface area contributed by atoms with Crippen LogP contribution in [-0.2, 0) is 11.3 Å². The van der Waals surface area contributed by atoms with Crippen molar-refractivity contribution in [2.45, 2.75) is 27.3 Å². The van der Waals surface area contributed by atoms with Crippen LogP contribution in [-0.4, -0.2) is 17.5 Å². The van der Waals surface area contributed by atoms with Crippen molar-refractivity contribution in [1.29, 1.82) is 0 Å². The number of nitrogens with one attached hydrogen (secondary N) is 1. The molecule has 0 saturated carbocycles. The Morgan fingerprint density at radius 3 is 2.55 bits per heavy atom. The number of hydrogen-bond acceptors (Lipinski definition) is 4. The maximum atomic E-state index is 11.7. The number of aromatic nitrogens is 1. The zero-order valence-electron chi connectivity index (χ0n) is 11.9. The van der Waals surface area contributed by atoms with Gasteiger partial charge in [0.25, 0.3) is 5.91 Å². The summed E-state index contributed by atoms with van der Waals surface area (Å²) in [5.74, 6) is 0.583. The molecule has 1 heterocycles. The van der Waals surface area contributed by atoms with Gasteiger partial charge >= 0.3 is 0 Å². The predicted octanol–water partition coefficient (Wildman–Crippen LogP) is 2.76. The number of hydrogen-bond donors (Lipinski definition) is 1. The number of ether oxygens (including phenoxy) is 1. The van der Waals surface area contributed by atoms with Crippen molar-refractivity contribution in [3.05, 3.63) is 45.4 Å². The summed E-state index contributed by atoms with van der Waals surface area (Å²) in [6, 6.07) is 5.91. The number of thiazole rings is 1. The maximum Gasteiger partial charge on any atom is 0.258 e. The molecule has 1 aromatic carbocycles. The SMILES string of the molecule is Cc1cc(C)cc(OCC(=O)NCc2nc(C)cs2)c1. The van der Waals surface area contributed by atoms with Gasteiger partial charge in [0.05, 0.1) is 6.54 Å². The Kier molecular flexibility index (Phi) is 4.74. The number of benzene rings is 1. The highest BCUT2D eigenvalue weighted by Gasteiger charge is 2.05. The van der Waals surface area contributed by atoms with Crippen LogP contribution in [0.3, 0.4) is 0 Å². The van der Waals surface area contributed by atoms with Gasteiger partial charge in [-0.25, -0.2) is 4.98 Å². The summed E-state index contributed by atoms with van der Waals surface area (Å²) < 4.78 is 5.49. The van der Waals surface area contributed by atoms with Gasteiger partial charge in [0, 0.05) is 11.1 Å². The molecule has 0 radical (unpaired) electrons. The number of carbonyl (C=O) groups excluding carboxylic acids is 1. The molecule has 0 unspecified atom stereocenters. The lowest BCUT2D eigenvalue weighted by molar-refractivity contribution is -0.123. The molecule has 0 aliphatic rings. The van der Waals surface area contributed by atoms with Crippen LogP contribution in [0.25, 0.3) is 0 Å². The largest absolute Gasteiger partial charge is 0.484 e. The highest BCUT2D eigenvalue weighted by molar-refractivity contribution is 7.09. The van der Waals surface area contributed by atoms with E-state index in [1.165, 1.54) is 0 Å². The van der Waals surface area contributed by atoms with E-state index in [1.54, 1.807) is 11.3 Å². The van der Waals surface area contributed by atoms with E-state index in [0.717, 1.165) is 27.6 Å². The molecular weight excluding hydrogens is 272 g/mol. The molecule has 0 aliphatic heterocycles. The van der Waals surface area contributed by atoms with Crippen LogP contribution in [0.2, 0.25) is 0 Å². The first-order chi connectivity index (χ1) is 9.52. The smallest absolute Gasteiger partial charge is 0.258 e. The van der Waals surface area contributed by atoms with Crippen LogP contribution in [0.1, 0.15) is 21.8 Å². The number of rotatable bonds is 5. The first kappa shape index (κ1) is 14.5. The van der Waals surface area contributed by atoms with E-state index in [0.29, 0.717) is 6.54 Å².